The molecule has 0 aliphatic rings. The average Bonchev–Trinajstić information content (AvgIpc) is 3.05. The Labute approximate surface area is 179 Å². The minimum Gasteiger partial charge on any atom is -0.488 e. The van der Waals surface area contributed by atoms with Crippen molar-refractivity contribution in [2.24, 2.45) is 10.8 Å². The van der Waals surface area contributed by atoms with Crippen molar-refractivity contribution in [3.63, 3.8) is 0 Å². The summed E-state index contributed by atoms with van der Waals surface area (Å²) in [5.74, 6) is 6.37. The highest BCUT2D eigenvalue weighted by Gasteiger charge is 2.10. The highest BCUT2D eigenvalue weighted by Crippen LogP contribution is 2.20. The van der Waals surface area contributed by atoms with Gasteiger partial charge in [-0.25, -0.2) is 10.1 Å². The van der Waals surface area contributed by atoms with Crippen LogP contribution in [-0.2, 0) is 11.4 Å². The number of carbonyl (C=O) groups excluding carboxylic acids is 1. The first kappa shape index (κ1) is 20.7. The van der Waals surface area contributed by atoms with Crippen molar-refractivity contribution in [2.75, 3.05) is 17.0 Å². The van der Waals surface area contributed by atoms with Crippen molar-refractivity contribution in [1.82, 2.24) is 14.9 Å². The molecule has 0 spiro atoms. The molecule has 9 nitrogen and oxygen atoms in total. The van der Waals surface area contributed by atoms with Gasteiger partial charge in [-0.2, -0.15) is 5.10 Å². The summed E-state index contributed by atoms with van der Waals surface area (Å²) in [7, 11) is 0. The molecular weight excluding hydrogens is 458 g/mol. The summed E-state index contributed by atoms with van der Waals surface area (Å²) in [6.07, 6.45) is 1.60. The molecule has 0 saturated carbocycles. The number of nitrogens with two attached hydrogens (primary N) is 2. The number of anilines is 1. The third-order valence-electron chi connectivity index (χ3n) is 3.58. The van der Waals surface area contributed by atoms with Crippen LogP contribution in [0.2, 0.25) is 0 Å². The van der Waals surface area contributed by atoms with Crippen molar-refractivity contribution < 1.29 is 9.53 Å². The van der Waals surface area contributed by atoms with Crippen LogP contribution in [0.4, 0.5) is 5.95 Å². The maximum atomic E-state index is 10.9. The molecule has 0 radical (unpaired) electrons. The maximum absolute atomic E-state index is 10.9. The standard InChI is InChI=1S/C18H18BrN7O2S/c19-14-6-3-4-12(8-14)10-28-15-7-2-1-5-13(15)9-22-23-17-24-25-18(26(17)21)29-11-16(20)27/h1-9H,10-11,21H2,(H2,20,27)(H,23,24)/b22-9+. The molecule has 0 unspecified atom stereocenters. The van der Waals surface area contributed by atoms with Crippen LogP contribution in [0.15, 0.2) is 63.3 Å². The number of nitrogens with zero attached hydrogens (tertiary/aromatic N) is 4. The van der Waals surface area contributed by atoms with Crippen molar-refractivity contribution in [3.05, 3.63) is 64.1 Å². The number of hydrogen-bond acceptors (Lipinski definition) is 8. The van der Waals surface area contributed by atoms with Gasteiger partial charge in [0.05, 0.1) is 12.0 Å². The number of primary amides is 1. The summed E-state index contributed by atoms with van der Waals surface area (Å²) in [6, 6.07) is 15.4. The minimum absolute atomic E-state index is 0.0568. The van der Waals surface area contributed by atoms with Gasteiger partial charge in [-0.1, -0.05) is 52.0 Å². The number of hydrazone groups is 1. The third-order valence-corrected chi connectivity index (χ3v) is 5.04. The van der Waals surface area contributed by atoms with Gasteiger partial charge in [0.15, 0.2) is 0 Å². The van der Waals surface area contributed by atoms with E-state index in [1.165, 1.54) is 4.68 Å². The summed E-state index contributed by atoms with van der Waals surface area (Å²) in [5.41, 5.74) is 9.66. The first-order valence-corrected chi connectivity index (χ1v) is 10.2. The molecule has 0 fully saturated rings. The first-order chi connectivity index (χ1) is 14.0. The summed E-state index contributed by atoms with van der Waals surface area (Å²) in [4.78, 5) is 10.9. The molecule has 0 aliphatic heterocycles. The third kappa shape index (κ3) is 5.96. The highest BCUT2D eigenvalue weighted by atomic mass is 79.9. The lowest BCUT2D eigenvalue weighted by Gasteiger charge is -2.09. The lowest BCUT2D eigenvalue weighted by molar-refractivity contribution is -0.115. The Morgan fingerprint density at radius 2 is 2.10 bits per heavy atom. The highest BCUT2D eigenvalue weighted by molar-refractivity contribution is 9.10. The molecule has 29 heavy (non-hydrogen) atoms. The molecule has 5 N–H and O–H groups in total. The summed E-state index contributed by atoms with van der Waals surface area (Å²) >= 11 is 4.54. The van der Waals surface area contributed by atoms with Crippen LogP contribution in [0, 0.1) is 0 Å². The number of amides is 1. The van der Waals surface area contributed by atoms with Crippen molar-refractivity contribution in [1.29, 1.82) is 0 Å². The number of rotatable bonds is 9. The molecule has 0 aliphatic carbocycles. The molecule has 3 rings (SSSR count). The van der Waals surface area contributed by atoms with Gasteiger partial charge in [-0.3, -0.25) is 4.79 Å². The number of halogens is 1. The smallest absolute Gasteiger partial charge is 0.264 e. The number of benzene rings is 2. The van der Waals surface area contributed by atoms with Gasteiger partial charge in [-0.05, 0) is 29.8 Å². The van der Waals surface area contributed by atoms with E-state index in [0.29, 0.717) is 17.5 Å². The van der Waals surface area contributed by atoms with Crippen LogP contribution in [0.1, 0.15) is 11.1 Å². The predicted octanol–water partition coefficient (Wildman–Crippen LogP) is 2.36. The van der Waals surface area contributed by atoms with Crippen molar-refractivity contribution in [3.8, 4) is 5.75 Å². The van der Waals surface area contributed by atoms with Gasteiger partial charge >= 0.3 is 0 Å². The quantitative estimate of drug-likeness (QED) is 0.187. The average molecular weight is 476 g/mol. The fourth-order valence-corrected chi connectivity index (χ4v) is 3.30. The van der Waals surface area contributed by atoms with Gasteiger partial charge in [-0.15, -0.1) is 10.2 Å². The van der Waals surface area contributed by atoms with Gasteiger partial charge in [0, 0.05) is 10.0 Å². The first-order valence-electron chi connectivity index (χ1n) is 8.40. The number of carbonyl (C=O) groups is 1. The van der Waals surface area contributed by atoms with E-state index in [4.69, 9.17) is 16.3 Å². The Balaban J connectivity index is 1.63. The zero-order valence-corrected chi connectivity index (χ0v) is 17.6. The molecular formula is C18H18BrN7O2S. The number of thioether (sulfide) groups is 1. The molecule has 1 amide bonds. The van der Waals surface area contributed by atoms with Crippen LogP contribution >= 0.6 is 27.7 Å². The van der Waals surface area contributed by atoms with E-state index < -0.39 is 5.91 Å². The fraction of sp³-hybridized carbons (Fsp3) is 0.111. The van der Waals surface area contributed by atoms with Crippen LogP contribution in [-0.4, -0.2) is 32.7 Å². The van der Waals surface area contributed by atoms with Crippen molar-refractivity contribution >= 4 is 45.8 Å². The molecule has 3 aromatic rings. The number of hydrogen-bond donors (Lipinski definition) is 3. The number of nitrogen functional groups attached to an aromatic ring is 1. The molecule has 0 saturated heterocycles. The van der Waals surface area contributed by atoms with Crippen LogP contribution in [0.5, 0.6) is 5.75 Å². The Bertz CT molecular complexity index is 1020. The zero-order chi connectivity index (χ0) is 20.6. The second-order valence-electron chi connectivity index (χ2n) is 5.76. The van der Waals surface area contributed by atoms with Gasteiger partial charge < -0.3 is 16.3 Å². The molecule has 0 bridgehead atoms. The van der Waals surface area contributed by atoms with Gasteiger partial charge in [0.25, 0.3) is 5.95 Å². The lowest BCUT2D eigenvalue weighted by Crippen LogP contribution is -2.16. The Hall–Kier alpha value is -3.05. The Kier molecular flexibility index (Phi) is 7.09. The molecule has 150 valence electrons. The normalized spacial score (nSPS) is 10.9. The van der Waals surface area contributed by atoms with Gasteiger partial charge in [0.1, 0.15) is 12.4 Å². The summed E-state index contributed by atoms with van der Waals surface area (Å²) in [5, 5.41) is 12.3. The van der Waals surface area contributed by atoms with E-state index in [2.05, 4.69) is 36.7 Å². The van der Waals surface area contributed by atoms with Gasteiger partial charge in [0.2, 0.25) is 11.1 Å². The molecule has 2 aromatic carbocycles. The maximum Gasteiger partial charge on any atom is 0.264 e. The lowest BCUT2D eigenvalue weighted by atomic mass is 10.2. The summed E-state index contributed by atoms with van der Waals surface area (Å²) < 4.78 is 8.11. The minimum atomic E-state index is -0.468. The molecule has 1 aromatic heterocycles. The second kappa shape index (κ2) is 9.94. The SMILES string of the molecule is NC(=O)CSc1nnc(N/N=C/c2ccccc2OCc2cccc(Br)c2)n1N. The monoisotopic (exact) mass is 475 g/mol. The van der Waals surface area contributed by atoms with E-state index in [-0.39, 0.29) is 11.7 Å². The Morgan fingerprint density at radius 1 is 1.28 bits per heavy atom. The van der Waals surface area contributed by atoms with E-state index in [1.807, 2.05) is 48.5 Å². The van der Waals surface area contributed by atoms with E-state index >= 15 is 0 Å². The Morgan fingerprint density at radius 3 is 2.90 bits per heavy atom. The number of para-hydroxylation sites is 1. The molecule has 11 heteroatoms. The number of ether oxygens (including phenoxy) is 1. The zero-order valence-electron chi connectivity index (χ0n) is 15.2. The second-order valence-corrected chi connectivity index (χ2v) is 7.62. The van der Waals surface area contributed by atoms with Crippen LogP contribution in [0.25, 0.3) is 0 Å². The molecule has 1 heterocycles. The number of aromatic nitrogens is 3. The fourth-order valence-electron chi connectivity index (χ4n) is 2.25. The van der Waals surface area contributed by atoms with Crippen LogP contribution < -0.4 is 21.7 Å². The van der Waals surface area contributed by atoms with E-state index in [0.717, 1.165) is 27.4 Å². The predicted molar refractivity (Wildman–Crippen MR) is 116 cm³/mol. The van der Waals surface area contributed by atoms with E-state index in [9.17, 15) is 4.79 Å². The summed E-state index contributed by atoms with van der Waals surface area (Å²) in [6.45, 7) is 0.426. The molecule has 0 atom stereocenters. The topological polar surface area (TPSA) is 133 Å². The largest absolute Gasteiger partial charge is 0.488 e. The van der Waals surface area contributed by atoms with Crippen LogP contribution in [0.3, 0.4) is 0 Å². The van der Waals surface area contributed by atoms with Crippen molar-refractivity contribution in [2.45, 2.75) is 11.8 Å². The number of nitrogens with one attached hydrogen (secondary N) is 1. The van der Waals surface area contributed by atoms with E-state index in [1.54, 1.807) is 6.21 Å².